The quantitative estimate of drug-likeness (QED) is 0.225. The number of benzene rings is 1. The molecule has 1 aromatic carbocycles. The number of hydrogen-bond acceptors (Lipinski definition) is 8. The number of carbonyl (C=O) groups is 1. The van der Waals surface area contributed by atoms with Crippen molar-refractivity contribution in [2.75, 3.05) is 20.0 Å². The predicted octanol–water partition coefficient (Wildman–Crippen LogP) is 3.40. The Hall–Kier alpha value is -4.84. The molecule has 5 heterocycles. The third-order valence-electron chi connectivity index (χ3n) is 8.34. The number of rotatable bonds is 7. The lowest BCUT2D eigenvalue weighted by atomic mass is 9.86. The molecule has 0 saturated carbocycles. The Morgan fingerprint density at radius 1 is 1.10 bits per heavy atom. The summed E-state index contributed by atoms with van der Waals surface area (Å²) in [6.45, 7) is 0.296. The molecule has 12 heteroatoms. The van der Waals surface area contributed by atoms with Gasteiger partial charge in [-0.15, -0.1) is 0 Å². The number of nitrogens with two attached hydrogens (primary N) is 2. The number of nitrogens with zero attached hydrogens (tertiary/aromatic N) is 6. The van der Waals surface area contributed by atoms with Gasteiger partial charge in [0.2, 0.25) is 0 Å². The first-order valence-electron chi connectivity index (χ1n) is 13.8. The maximum absolute atomic E-state index is 13.0. The monoisotopic (exact) mass is 567 g/mol. The summed E-state index contributed by atoms with van der Waals surface area (Å²) in [6, 6.07) is 11.8. The van der Waals surface area contributed by atoms with Crippen LogP contribution in [-0.2, 0) is 16.1 Å². The van der Waals surface area contributed by atoms with Crippen LogP contribution in [0.25, 0.3) is 28.0 Å². The van der Waals surface area contributed by atoms with Gasteiger partial charge in [-0.1, -0.05) is 6.07 Å². The number of hydrogen-bond donors (Lipinski definition) is 3. The standard InChI is InChI=1S/C30H33N9O3/c1-41-15-24-26(19-11-20-6-7-21(12-19)38(20)30(40)27(32)35-16-31)37-29-23(14-36-39(29)28(24)33)18-5-10-25(34-13-18)17-3-8-22(42-2)9-4-17/h3-5,8-10,13-14,16,19-21H,6-7,11-12,15,33H2,1-2H3,(H3,31,32,35). The molecule has 2 bridgehead atoms. The molecule has 2 aliphatic rings. The van der Waals surface area contributed by atoms with Crippen molar-refractivity contribution in [1.29, 1.82) is 5.41 Å². The highest BCUT2D eigenvalue weighted by atomic mass is 16.5. The fraction of sp³-hybridized carbons (Fsp3) is 0.333. The van der Waals surface area contributed by atoms with E-state index < -0.39 is 0 Å². The SMILES string of the molecule is COCc1c(C2CC3CCC(C2)N3C(=O)C(N)=NC=N)nc2c(-c3ccc(-c4ccc(OC)cc4)nc3)cnn2c1N. The van der Waals surface area contributed by atoms with Crippen LogP contribution in [0, 0.1) is 5.41 Å². The molecule has 0 spiro atoms. The molecule has 2 aliphatic heterocycles. The van der Waals surface area contributed by atoms with Crippen molar-refractivity contribution in [3.05, 3.63) is 60.0 Å². The van der Waals surface area contributed by atoms with Crippen LogP contribution in [0.5, 0.6) is 5.75 Å². The van der Waals surface area contributed by atoms with E-state index in [1.54, 1.807) is 24.9 Å². The summed E-state index contributed by atoms with van der Waals surface area (Å²) in [5.41, 5.74) is 18.4. The zero-order valence-corrected chi connectivity index (χ0v) is 23.5. The maximum Gasteiger partial charge on any atom is 0.289 e. The van der Waals surface area contributed by atoms with Crippen LogP contribution in [0.1, 0.15) is 42.9 Å². The molecule has 0 radical (unpaired) electrons. The van der Waals surface area contributed by atoms with Gasteiger partial charge in [-0.3, -0.25) is 15.2 Å². The normalized spacial score (nSPS) is 20.2. The number of nitrogen functional groups attached to an aromatic ring is 1. The van der Waals surface area contributed by atoms with E-state index in [-0.39, 0.29) is 29.7 Å². The number of amides is 1. The summed E-state index contributed by atoms with van der Waals surface area (Å²) < 4.78 is 12.5. The van der Waals surface area contributed by atoms with Crippen LogP contribution in [0.4, 0.5) is 5.82 Å². The van der Waals surface area contributed by atoms with Crippen molar-refractivity contribution >= 4 is 29.5 Å². The highest BCUT2D eigenvalue weighted by Crippen LogP contribution is 2.44. The Kier molecular flexibility index (Phi) is 7.29. The van der Waals surface area contributed by atoms with Crippen molar-refractivity contribution in [2.45, 2.75) is 50.3 Å². The van der Waals surface area contributed by atoms with Crippen LogP contribution in [0.2, 0.25) is 0 Å². The molecule has 6 rings (SSSR count). The fourth-order valence-electron chi connectivity index (χ4n) is 6.37. The molecule has 2 atom stereocenters. The zero-order valence-electron chi connectivity index (χ0n) is 23.5. The Morgan fingerprint density at radius 2 is 1.81 bits per heavy atom. The molecule has 1 amide bonds. The van der Waals surface area contributed by atoms with Crippen molar-refractivity contribution < 1.29 is 14.3 Å². The van der Waals surface area contributed by atoms with Crippen LogP contribution >= 0.6 is 0 Å². The highest BCUT2D eigenvalue weighted by Gasteiger charge is 2.45. The van der Waals surface area contributed by atoms with Gasteiger partial charge in [-0.25, -0.2) is 9.98 Å². The molecule has 12 nitrogen and oxygen atoms in total. The summed E-state index contributed by atoms with van der Waals surface area (Å²) in [5.74, 6) is 0.885. The van der Waals surface area contributed by atoms with Gasteiger partial charge in [0.15, 0.2) is 11.5 Å². The summed E-state index contributed by atoms with van der Waals surface area (Å²) in [4.78, 5) is 28.4. The lowest BCUT2D eigenvalue weighted by Gasteiger charge is -2.39. The second-order valence-corrected chi connectivity index (χ2v) is 10.7. The zero-order chi connectivity index (χ0) is 29.4. The number of methoxy groups -OCH3 is 2. The van der Waals surface area contributed by atoms with Gasteiger partial charge in [-0.05, 0) is 56.0 Å². The molecular weight excluding hydrogens is 534 g/mol. The van der Waals surface area contributed by atoms with Gasteiger partial charge in [0, 0.05) is 53.6 Å². The Bertz CT molecular complexity index is 1650. The minimum atomic E-state index is -0.312. The third kappa shape index (κ3) is 4.73. The van der Waals surface area contributed by atoms with Gasteiger partial charge in [-0.2, -0.15) is 9.61 Å². The molecule has 216 valence electrons. The molecule has 2 saturated heterocycles. The number of amidine groups is 1. The third-order valence-corrected chi connectivity index (χ3v) is 8.34. The lowest BCUT2D eigenvalue weighted by molar-refractivity contribution is -0.128. The minimum Gasteiger partial charge on any atom is -0.497 e. The van der Waals surface area contributed by atoms with E-state index in [4.69, 9.17) is 36.3 Å². The number of fused-ring (bicyclic) bond motifs is 3. The van der Waals surface area contributed by atoms with E-state index in [1.807, 2.05) is 47.5 Å². The van der Waals surface area contributed by atoms with E-state index in [1.165, 1.54) is 0 Å². The fourth-order valence-corrected chi connectivity index (χ4v) is 6.37. The molecule has 2 unspecified atom stereocenters. The van der Waals surface area contributed by atoms with Crippen LogP contribution < -0.4 is 16.2 Å². The summed E-state index contributed by atoms with van der Waals surface area (Å²) in [7, 11) is 3.28. The van der Waals surface area contributed by atoms with E-state index in [2.05, 4.69) is 10.1 Å². The number of piperidine rings is 1. The first-order valence-corrected chi connectivity index (χ1v) is 13.8. The molecular formula is C30H33N9O3. The van der Waals surface area contributed by atoms with Crippen molar-refractivity contribution in [1.82, 2.24) is 24.5 Å². The number of carbonyl (C=O) groups excluding carboxylic acids is 1. The van der Waals surface area contributed by atoms with Gasteiger partial charge < -0.3 is 25.8 Å². The number of aromatic nitrogens is 4. The minimum absolute atomic E-state index is 0.00876. The van der Waals surface area contributed by atoms with Crippen LogP contribution in [0.15, 0.2) is 53.8 Å². The Morgan fingerprint density at radius 3 is 2.43 bits per heavy atom. The predicted molar refractivity (Wildman–Crippen MR) is 159 cm³/mol. The molecule has 3 aromatic heterocycles. The molecule has 4 aromatic rings. The average Bonchev–Trinajstić information content (AvgIpc) is 3.56. The first kappa shape index (κ1) is 27.3. The molecule has 2 fully saturated rings. The highest BCUT2D eigenvalue weighted by molar-refractivity contribution is 6.38. The lowest BCUT2D eigenvalue weighted by Crippen LogP contribution is -2.50. The smallest absolute Gasteiger partial charge is 0.289 e. The number of pyridine rings is 1. The first-order chi connectivity index (χ1) is 20.4. The van der Waals surface area contributed by atoms with Crippen molar-refractivity contribution in [2.24, 2.45) is 10.7 Å². The van der Waals surface area contributed by atoms with Crippen molar-refractivity contribution in [3.8, 4) is 28.1 Å². The van der Waals surface area contributed by atoms with Gasteiger partial charge in [0.25, 0.3) is 5.91 Å². The number of anilines is 1. The maximum atomic E-state index is 13.0. The van der Waals surface area contributed by atoms with E-state index in [9.17, 15) is 4.79 Å². The summed E-state index contributed by atoms with van der Waals surface area (Å²) in [5, 5.41) is 11.7. The van der Waals surface area contributed by atoms with E-state index in [0.29, 0.717) is 18.1 Å². The number of nitrogens with one attached hydrogen (secondary N) is 1. The topological polar surface area (TPSA) is 170 Å². The van der Waals surface area contributed by atoms with Gasteiger partial charge in [0.1, 0.15) is 17.9 Å². The van der Waals surface area contributed by atoms with Crippen molar-refractivity contribution in [3.63, 3.8) is 0 Å². The second kappa shape index (κ2) is 11.2. The number of ether oxygens (including phenoxy) is 2. The second-order valence-electron chi connectivity index (χ2n) is 10.7. The molecule has 42 heavy (non-hydrogen) atoms. The van der Waals surface area contributed by atoms with Crippen LogP contribution in [0.3, 0.4) is 0 Å². The Labute approximate surface area is 242 Å². The molecule has 5 N–H and O–H groups in total. The molecule has 0 aliphatic carbocycles. The summed E-state index contributed by atoms with van der Waals surface area (Å²) in [6.07, 6.45) is 7.59. The number of aliphatic imine (C=N–C) groups is 1. The van der Waals surface area contributed by atoms with Gasteiger partial charge in [0.05, 0.1) is 31.3 Å². The summed E-state index contributed by atoms with van der Waals surface area (Å²) >= 11 is 0. The van der Waals surface area contributed by atoms with Gasteiger partial charge >= 0.3 is 0 Å². The van der Waals surface area contributed by atoms with Crippen LogP contribution in [-0.4, -0.2) is 68.9 Å². The van der Waals surface area contributed by atoms with E-state index >= 15 is 0 Å². The Balaban J connectivity index is 1.34. The average molecular weight is 568 g/mol. The largest absolute Gasteiger partial charge is 0.497 e. The van der Waals surface area contributed by atoms with E-state index in [0.717, 1.165) is 71.4 Å².